The first kappa shape index (κ1) is 18.5. The molecule has 140 valence electrons. The van der Waals surface area contributed by atoms with Crippen molar-refractivity contribution in [1.82, 2.24) is 9.62 Å². The number of aromatic hydroxyl groups is 1. The fourth-order valence-electron chi connectivity index (χ4n) is 2.50. The predicted molar refractivity (Wildman–Crippen MR) is 96.4 cm³/mol. The molecule has 0 atom stereocenters. The first-order chi connectivity index (χ1) is 12.7. The SMILES string of the molecule is COc1cc(/C=C2\NC(=O)N(S(=O)(=O)c3ccc(C)cc3)C2=O)ccc1O. The predicted octanol–water partition coefficient (Wildman–Crippen LogP) is 1.99. The second-order valence-corrected chi connectivity index (χ2v) is 7.59. The van der Waals surface area contributed by atoms with Gasteiger partial charge in [0.25, 0.3) is 15.9 Å². The number of sulfonamides is 1. The number of phenolic OH excluding ortho intramolecular Hbond substituents is 1. The van der Waals surface area contributed by atoms with Crippen molar-refractivity contribution in [1.29, 1.82) is 0 Å². The second kappa shape index (κ2) is 6.76. The Bertz CT molecular complexity index is 1060. The monoisotopic (exact) mass is 388 g/mol. The van der Waals surface area contributed by atoms with E-state index in [0.29, 0.717) is 5.56 Å². The molecule has 1 heterocycles. The van der Waals surface area contributed by atoms with E-state index in [2.05, 4.69) is 5.32 Å². The van der Waals surface area contributed by atoms with E-state index >= 15 is 0 Å². The lowest BCUT2D eigenvalue weighted by Gasteiger charge is -2.12. The third-order valence-corrected chi connectivity index (χ3v) is 5.60. The maximum absolute atomic E-state index is 12.7. The van der Waals surface area contributed by atoms with Crippen molar-refractivity contribution in [2.45, 2.75) is 11.8 Å². The van der Waals surface area contributed by atoms with Gasteiger partial charge >= 0.3 is 6.03 Å². The zero-order valence-corrected chi connectivity index (χ0v) is 15.3. The lowest BCUT2D eigenvalue weighted by molar-refractivity contribution is -0.119. The number of urea groups is 1. The summed E-state index contributed by atoms with van der Waals surface area (Å²) in [7, 11) is -2.97. The molecule has 0 unspecified atom stereocenters. The molecule has 8 nitrogen and oxygen atoms in total. The molecular weight excluding hydrogens is 372 g/mol. The maximum atomic E-state index is 12.7. The highest BCUT2D eigenvalue weighted by atomic mass is 32.2. The van der Waals surface area contributed by atoms with Gasteiger partial charge in [0.2, 0.25) is 0 Å². The third kappa shape index (κ3) is 3.36. The van der Waals surface area contributed by atoms with Crippen LogP contribution in [0.25, 0.3) is 6.08 Å². The van der Waals surface area contributed by atoms with Gasteiger partial charge in [0.15, 0.2) is 11.5 Å². The summed E-state index contributed by atoms with van der Waals surface area (Å²) in [4.78, 5) is 24.5. The molecule has 27 heavy (non-hydrogen) atoms. The molecule has 3 amide bonds. The van der Waals surface area contributed by atoms with E-state index in [1.54, 1.807) is 19.1 Å². The largest absolute Gasteiger partial charge is 0.504 e. The van der Waals surface area contributed by atoms with Gasteiger partial charge < -0.3 is 15.2 Å². The second-order valence-electron chi connectivity index (χ2n) is 5.81. The van der Waals surface area contributed by atoms with Crippen molar-refractivity contribution in [3.05, 3.63) is 59.3 Å². The summed E-state index contributed by atoms with van der Waals surface area (Å²) in [5.74, 6) is -0.914. The first-order valence-corrected chi connectivity index (χ1v) is 9.24. The summed E-state index contributed by atoms with van der Waals surface area (Å²) >= 11 is 0. The average Bonchev–Trinajstić information content (AvgIpc) is 2.91. The molecule has 1 fully saturated rings. The van der Waals surface area contributed by atoms with Gasteiger partial charge in [-0.05, 0) is 42.8 Å². The summed E-state index contributed by atoms with van der Waals surface area (Å²) in [6, 6.07) is 9.04. The highest BCUT2D eigenvalue weighted by molar-refractivity contribution is 7.90. The standard InChI is InChI=1S/C18H16N2O6S/c1-11-3-6-13(7-4-11)27(24,25)20-17(22)14(19-18(20)23)9-12-5-8-15(21)16(10-12)26-2/h3-10,21H,1-2H3,(H,19,23)/b14-9-. The van der Waals surface area contributed by atoms with Crippen molar-refractivity contribution < 1.29 is 27.9 Å². The van der Waals surface area contributed by atoms with Crippen LogP contribution >= 0.6 is 0 Å². The zero-order chi connectivity index (χ0) is 19.8. The smallest absolute Gasteiger partial charge is 0.343 e. The van der Waals surface area contributed by atoms with E-state index in [0.717, 1.165) is 5.56 Å². The number of hydrogen-bond donors (Lipinski definition) is 2. The molecule has 1 aliphatic rings. The van der Waals surface area contributed by atoms with Gasteiger partial charge in [-0.1, -0.05) is 23.8 Å². The van der Waals surface area contributed by atoms with E-state index in [9.17, 15) is 23.1 Å². The Morgan fingerprint density at radius 2 is 1.78 bits per heavy atom. The number of nitrogens with zero attached hydrogens (tertiary/aromatic N) is 1. The summed E-state index contributed by atoms with van der Waals surface area (Å²) in [5, 5.41) is 11.9. The van der Waals surface area contributed by atoms with Crippen LogP contribution in [0.15, 0.2) is 53.1 Å². The molecule has 0 saturated carbocycles. The normalized spacial score (nSPS) is 15.9. The van der Waals surface area contributed by atoms with E-state index in [1.165, 1.54) is 43.5 Å². The van der Waals surface area contributed by atoms with E-state index in [-0.39, 0.29) is 26.4 Å². The van der Waals surface area contributed by atoms with E-state index in [4.69, 9.17) is 4.74 Å². The van der Waals surface area contributed by atoms with Crippen molar-refractivity contribution in [2.24, 2.45) is 0 Å². The Morgan fingerprint density at radius 1 is 1.11 bits per heavy atom. The molecule has 0 spiro atoms. The minimum atomic E-state index is -4.33. The van der Waals surface area contributed by atoms with Crippen molar-refractivity contribution in [2.75, 3.05) is 7.11 Å². The average molecular weight is 388 g/mol. The van der Waals surface area contributed by atoms with Crippen LogP contribution in [0.1, 0.15) is 11.1 Å². The highest BCUT2D eigenvalue weighted by Gasteiger charge is 2.43. The molecule has 0 aromatic heterocycles. The number of hydrogen-bond acceptors (Lipinski definition) is 6. The molecule has 2 aromatic carbocycles. The van der Waals surface area contributed by atoms with Crippen LogP contribution in [0.3, 0.4) is 0 Å². The number of phenols is 1. The summed E-state index contributed by atoms with van der Waals surface area (Å²) in [6.07, 6.45) is 1.30. The minimum Gasteiger partial charge on any atom is -0.504 e. The number of amides is 3. The van der Waals surface area contributed by atoms with Gasteiger partial charge in [0, 0.05) is 0 Å². The molecule has 0 aliphatic carbocycles. The Morgan fingerprint density at radius 3 is 2.41 bits per heavy atom. The number of ether oxygens (including phenoxy) is 1. The van der Waals surface area contributed by atoms with E-state index < -0.39 is 22.0 Å². The topological polar surface area (TPSA) is 113 Å². The quantitative estimate of drug-likeness (QED) is 0.612. The number of methoxy groups -OCH3 is 1. The fraction of sp³-hybridized carbons (Fsp3) is 0.111. The molecule has 1 saturated heterocycles. The Labute approximate surface area is 155 Å². The third-order valence-electron chi connectivity index (χ3n) is 3.91. The number of nitrogens with one attached hydrogen (secondary N) is 1. The molecular formula is C18H16N2O6S. The van der Waals surface area contributed by atoms with Crippen LogP contribution in [0.4, 0.5) is 4.79 Å². The number of carbonyl (C=O) groups excluding carboxylic acids is 2. The van der Waals surface area contributed by atoms with Gasteiger partial charge in [-0.25, -0.2) is 13.2 Å². The molecule has 2 aromatic rings. The highest BCUT2D eigenvalue weighted by Crippen LogP contribution is 2.28. The summed E-state index contributed by atoms with van der Waals surface area (Å²) in [5.41, 5.74) is 1.07. The maximum Gasteiger partial charge on any atom is 0.343 e. The number of rotatable bonds is 4. The molecule has 0 radical (unpaired) electrons. The fourth-order valence-corrected chi connectivity index (χ4v) is 3.77. The zero-order valence-electron chi connectivity index (χ0n) is 14.5. The minimum absolute atomic E-state index is 0.0926. The van der Waals surface area contributed by atoms with Crippen molar-refractivity contribution in [3.63, 3.8) is 0 Å². The summed E-state index contributed by atoms with van der Waals surface area (Å²) < 4.78 is 30.5. The Kier molecular flexibility index (Phi) is 4.63. The molecule has 1 aliphatic heterocycles. The van der Waals surface area contributed by atoms with E-state index in [1.807, 2.05) is 0 Å². The molecule has 0 bridgehead atoms. The van der Waals surface area contributed by atoms with Crippen LogP contribution in [0.2, 0.25) is 0 Å². The van der Waals surface area contributed by atoms with Gasteiger partial charge in [0.05, 0.1) is 12.0 Å². The summed E-state index contributed by atoms with van der Waals surface area (Å²) in [6.45, 7) is 1.79. The van der Waals surface area contributed by atoms with Gasteiger partial charge in [-0.15, -0.1) is 4.31 Å². The lowest BCUT2D eigenvalue weighted by Crippen LogP contribution is -2.36. The van der Waals surface area contributed by atoms with Crippen LogP contribution in [-0.4, -0.2) is 36.9 Å². The molecule has 2 N–H and O–H groups in total. The van der Waals surface area contributed by atoms with Crippen LogP contribution in [0.5, 0.6) is 11.5 Å². The lowest BCUT2D eigenvalue weighted by atomic mass is 10.1. The number of carbonyl (C=O) groups is 2. The Balaban J connectivity index is 1.96. The molecule has 9 heteroatoms. The van der Waals surface area contributed by atoms with Crippen LogP contribution in [0, 0.1) is 6.92 Å². The number of aryl methyl sites for hydroxylation is 1. The van der Waals surface area contributed by atoms with Crippen LogP contribution < -0.4 is 10.1 Å². The number of imide groups is 1. The van der Waals surface area contributed by atoms with Gasteiger partial charge in [0.1, 0.15) is 5.70 Å². The van der Waals surface area contributed by atoms with Crippen molar-refractivity contribution in [3.8, 4) is 11.5 Å². The first-order valence-electron chi connectivity index (χ1n) is 7.80. The molecule has 3 rings (SSSR count). The van der Waals surface area contributed by atoms with Crippen molar-refractivity contribution >= 4 is 28.0 Å². The van der Waals surface area contributed by atoms with Crippen LogP contribution in [-0.2, 0) is 14.8 Å². The van der Waals surface area contributed by atoms with Gasteiger partial charge in [-0.2, -0.15) is 0 Å². The Hall–Kier alpha value is -3.33. The van der Waals surface area contributed by atoms with Gasteiger partial charge in [-0.3, -0.25) is 4.79 Å². The number of benzene rings is 2.